The van der Waals surface area contributed by atoms with Gasteiger partial charge in [-0.05, 0) is 20.8 Å². The van der Waals surface area contributed by atoms with Gasteiger partial charge in [0.05, 0.1) is 5.60 Å². The van der Waals surface area contributed by atoms with Crippen molar-refractivity contribution in [3.8, 4) is 5.75 Å². The number of hydrogen-bond acceptors (Lipinski definition) is 1. The summed E-state index contributed by atoms with van der Waals surface area (Å²) in [6.07, 6.45) is 0. The molecule has 0 aliphatic rings. The Labute approximate surface area is 148 Å². The summed E-state index contributed by atoms with van der Waals surface area (Å²) in [6, 6.07) is 7.69. The Bertz CT molecular complexity index is 448. The quantitative estimate of drug-likeness (QED) is 0.404. The van der Waals surface area contributed by atoms with Crippen LogP contribution in [-0.2, 0) is 27.2 Å². The molecule has 0 heterocycles. The zero-order valence-corrected chi connectivity index (χ0v) is 19.7. The first-order valence-electron chi connectivity index (χ1n) is 7.33. The Hall–Kier alpha value is 0.123. The fourth-order valence-electron chi connectivity index (χ4n) is 1.86. The van der Waals surface area contributed by atoms with E-state index in [1.165, 1.54) is 27.5 Å². The first-order chi connectivity index (χ1) is 9.31. The van der Waals surface area contributed by atoms with Crippen LogP contribution in [0.3, 0.4) is 0 Å². The molecule has 0 unspecified atom stereocenters. The number of benzene rings is 1. The molecule has 116 valence electrons. The molecule has 0 radical (unpaired) electrons. The number of hydrogen-bond donors (Lipinski definition) is 0. The van der Waals surface area contributed by atoms with Crippen LogP contribution in [0.15, 0.2) is 12.1 Å². The van der Waals surface area contributed by atoms with E-state index >= 15 is 0 Å². The van der Waals surface area contributed by atoms with Gasteiger partial charge in [-0.2, -0.15) is 17.7 Å². The Morgan fingerprint density at radius 3 is 1.71 bits per heavy atom. The second-order valence-corrected chi connectivity index (χ2v) is 8.35. The van der Waals surface area contributed by atoms with Crippen LogP contribution in [0.1, 0.15) is 73.4 Å². The van der Waals surface area contributed by atoms with E-state index in [1.54, 1.807) is 0 Å². The maximum absolute atomic E-state index is 6.07. The van der Waals surface area contributed by atoms with E-state index in [9.17, 15) is 0 Å². The van der Waals surface area contributed by atoms with E-state index < -0.39 is 0 Å². The molecular weight excluding hydrogens is 377 g/mol. The van der Waals surface area contributed by atoms with E-state index in [0.29, 0.717) is 0 Å². The van der Waals surface area contributed by atoms with E-state index in [1.807, 2.05) is 0 Å². The fourth-order valence-corrected chi connectivity index (χ4v) is 1.86. The van der Waals surface area contributed by atoms with Crippen molar-refractivity contribution >= 4 is 13.6 Å². The Morgan fingerprint density at radius 1 is 0.905 bits per heavy atom. The van der Waals surface area contributed by atoms with Gasteiger partial charge in [-0.1, -0.05) is 52.4 Å². The van der Waals surface area contributed by atoms with Gasteiger partial charge in [0.15, 0.2) is 0 Å². The molecule has 21 heavy (non-hydrogen) atoms. The summed E-state index contributed by atoms with van der Waals surface area (Å²) in [5.74, 6) is 0.882. The number of ether oxygens (including phenoxy) is 1. The fraction of sp³-hybridized carbons (Fsp3) is 0.667. The van der Waals surface area contributed by atoms with E-state index in [-0.39, 0.29) is 16.4 Å². The summed E-state index contributed by atoms with van der Waals surface area (Å²) in [5, 5.41) is 0. The van der Waals surface area contributed by atoms with Crippen molar-refractivity contribution in [1.29, 1.82) is 0 Å². The van der Waals surface area contributed by atoms with Gasteiger partial charge in [0, 0.05) is 5.75 Å². The first kappa shape index (κ1) is 21.1. The van der Waals surface area contributed by atoms with Crippen LogP contribution in [-0.4, -0.2) is 5.60 Å². The molecule has 0 aliphatic heterocycles. The summed E-state index contributed by atoms with van der Waals surface area (Å²) < 4.78 is 6.07. The van der Waals surface area contributed by atoms with Crippen molar-refractivity contribution in [2.24, 2.45) is 0 Å². The zero-order valence-electron chi connectivity index (χ0n) is 15.1. The summed E-state index contributed by atoms with van der Waals surface area (Å²) in [7, 11) is 0. The van der Waals surface area contributed by atoms with Gasteiger partial charge in [-0.15, -0.1) is 11.6 Å². The minimum absolute atomic E-state index is 0.0539. The molecule has 0 amide bonds. The van der Waals surface area contributed by atoms with Gasteiger partial charge in [-0.3, -0.25) is 0 Å². The van der Waals surface area contributed by atoms with Gasteiger partial charge in [-0.25, -0.2) is 0 Å². The summed E-state index contributed by atoms with van der Waals surface area (Å²) >= 11 is 4.25. The van der Waals surface area contributed by atoms with Gasteiger partial charge in [0.25, 0.3) is 0 Å². The monoisotopic (exact) mass is 404 g/mol. The van der Waals surface area contributed by atoms with Gasteiger partial charge in [0.2, 0.25) is 0 Å². The minimum atomic E-state index is -0.195. The third-order valence-corrected chi connectivity index (χ3v) is 2.99. The average molecular weight is 407 g/mol. The standard InChI is InChI=1S/C18H29O.BrH.Zn/c1-16(2,3)13-10-11-15(19-18(7,8)9)14(12-13)17(4,5)6;;/h10,12H,1-9H3;1H;/q-1;;+2/p-1. The van der Waals surface area contributed by atoms with Crippen LogP contribution in [0.4, 0.5) is 0 Å². The van der Waals surface area contributed by atoms with E-state index in [2.05, 4.69) is 94.1 Å². The van der Waals surface area contributed by atoms with Gasteiger partial charge < -0.3 is 4.74 Å². The SMILES string of the molecule is CC(C)(C)Oc1[c-]cc(C(C)(C)C)cc1C(C)(C)C.[Zn+][Br]. The first-order valence-corrected chi connectivity index (χ1v) is 14.3. The second-order valence-electron chi connectivity index (χ2n) is 8.35. The number of halogens is 1. The molecule has 0 saturated heterocycles. The van der Waals surface area contributed by atoms with Crippen LogP contribution < -0.4 is 4.74 Å². The van der Waals surface area contributed by atoms with Crippen molar-refractivity contribution in [1.82, 2.24) is 0 Å². The Kier molecular flexibility index (Phi) is 7.64. The normalized spacial score (nSPS) is 12.6. The third kappa shape index (κ3) is 7.28. The number of rotatable bonds is 1. The van der Waals surface area contributed by atoms with Gasteiger partial charge in [0.1, 0.15) is 0 Å². The molecule has 3 heteroatoms. The predicted octanol–water partition coefficient (Wildman–Crippen LogP) is 6.10. The van der Waals surface area contributed by atoms with Gasteiger partial charge >= 0.3 is 30.0 Å². The van der Waals surface area contributed by atoms with E-state index in [4.69, 9.17) is 4.74 Å². The molecule has 1 rings (SSSR count). The topological polar surface area (TPSA) is 9.23 Å². The average Bonchev–Trinajstić information content (AvgIpc) is 2.27. The Balaban J connectivity index is 0.00000191. The summed E-state index contributed by atoms with van der Waals surface area (Å²) in [5.41, 5.74) is 2.53. The van der Waals surface area contributed by atoms with Crippen molar-refractivity contribution < 1.29 is 21.1 Å². The van der Waals surface area contributed by atoms with Crippen molar-refractivity contribution in [2.75, 3.05) is 0 Å². The second kappa shape index (κ2) is 7.60. The van der Waals surface area contributed by atoms with Crippen molar-refractivity contribution in [2.45, 2.75) is 78.7 Å². The third-order valence-electron chi connectivity index (χ3n) is 2.99. The molecular formula is C18H29BrOZn. The summed E-state index contributed by atoms with van der Waals surface area (Å²) in [6.45, 7) is 19.6. The molecule has 0 saturated carbocycles. The molecule has 0 aromatic heterocycles. The van der Waals surface area contributed by atoms with Crippen LogP contribution in [0.5, 0.6) is 5.75 Å². The molecule has 1 aromatic rings. The Morgan fingerprint density at radius 2 is 1.38 bits per heavy atom. The molecule has 0 spiro atoms. The molecule has 1 nitrogen and oxygen atoms in total. The zero-order chi connectivity index (χ0) is 17.1. The molecule has 0 fully saturated rings. The molecule has 0 N–H and O–H groups in total. The predicted molar refractivity (Wildman–Crippen MR) is 92.0 cm³/mol. The van der Waals surface area contributed by atoms with Crippen molar-refractivity contribution in [3.63, 3.8) is 0 Å². The molecule has 0 bridgehead atoms. The van der Waals surface area contributed by atoms with Crippen LogP contribution in [0.2, 0.25) is 0 Å². The van der Waals surface area contributed by atoms with Crippen LogP contribution >= 0.6 is 13.6 Å². The molecule has 0 aliphatic carbocycles. The molecule has 1 aromatic carbocycles. The molecule has 0 atom stereocenters. The summed E-state index contributed by atoms with van der Waals surface area (Å²) in [4.78, 5) is 0. The van der Waals surface area contributed by atoms with E-state index in [0.717, 1.165) is 5.75 Å². The van der Waals surface area contributed by atoms with Crippen molar-refractivity contribution in [3.05, 3.63) is 29.3 Å². The van der Waals surface area contributed by atoms with Crippen LogP contribution in [0.25, 0.3) is 0 Å². The maximum atomic E-state index is 6.07. The van der Waals surface area contributed by atoms with Crippen LogP contribution in [0, 0.1) is 6.07 Å².